The molecule has 3 aliphatic carbocycles. The molecule has 5 amide bonds. The van der Waals surface area contributed by atoms with E-state index in [0.29, 0.717) is 18.5 Å². The summed E-state index contributed by atoms with van der Waals surface area (Å²) >= 11 is 0. The number of carbonyl (C=O) groups is 6. The Labute approximate surface area is 259 Å². The minimum Gasteiger partial charge on any atom is -0.461 e. The summed E-state index contributed by atoms with van der Waals surface area (Å²) in [6.07, 6.45) is 5.49. The van der Waals surface area contributed by atoms with Crippen molar-refractivity contribution in [2.75, 3.05) is 6.54 Å². The first-order chi connectivity index (χ1) is 20.4. The highest BCUT2D eigenvalue weighted by Crippen LogP contribution is 2.65. The second kappa shape index (κ2) is 12.5. The van der Waals surface area contributed by atoms with Gasteiger partial charge in [0.2, 0.25) is 17.6 Å². The number of fused-ring (bicyclic) bond motifs is 1. The number of nitrogens with two attached hydrogens (primary N) is 1. The number of piperidine rings is 1. The molecule has 1 unspecified atom stereocenters. The summed E-state index contributed by atoms with van der Waals surface area (Å²) in [6.45, 7) is 15.2. The van der Waals surface area contributed by atoms with Gasteiger partial charge in [0.25, 0.3) is 5.91 Å². The van der Waals surface area contributed by atoms with E-state index in [1.807, 2.05) is 13.8 Å². The zero-order chi connectivity index (χ0) is 32.7. The third-order valence-corrected chi connectivity index (χ3v) is 9.88. The fraction of sp³-hybridized carbons (Fsp3) is 0.750. The minimum atomic E-state index is -1.11. The Morgan fingerprint density at radius 1 is 1.00 bits per heavy atom. The Hall–Kier alpha value is -3.44. The highest BCUT2D eigenvalue weighted by molar-refractivity contribution is 6.37. The lowest BCUT2D eigenvalue weighted by atomic mass is 9.85. The number of carbonyl (C=O) groups excluding carboxylic acids is 6. The smallest absolute Gasteiger partial charge is 0.333 e. The van der Waals surface area contributed by atoms with Crippen molar-refractivity contribution in [2.24, 2.45) is 34.3 Å². The Balaban J connectivity index is 1.49. The molecule has 4 aliphatic rings. The summed E-state index contributed by atoms with van der Waals surface area (Å²) in [7, 11) is 0. The summed E-state index contributed by atoms with van der Waals surface area (Å²) in [4.78, 5) is 79.9. The van der Waals surface area contributed by atoms with Crippen LogP contribution in [0, 0.1) is 28.6 Å². The maximum Gasteiger partial charge on any atom is 0.333 e. The van der Waals surface area contributed by atoms with Gasteiger partial charge in [-0.1, -0.05) is 54.0 Å². The molecule has 0 spiro atoms. The standard InChI is InChI=1S/C32H49N5O7/c1-16(2)22(29(42)44-18-10-8-9-11-18)35-30(43)36-25(31(3,4)5)28(41)37-15-19-21(32(19,6)7)23(37)27(40)34-20(14-17-12-13-17)24(38)26(33)39/h17-23,25H,1,8-15H2,2-7H3,(H2,33,39)(H,34,40)(H2,35,36,43)/t19-,20?,21-,22-,23-,25+/m0/s1. The largest absolute Gasteiger partial charge is 0.461 e. The van der Waals surface area contributed by atoms with E-state index < -0.39 is 65.1 Å². The lowest BCUT2D eigenvalue weighted by Gasteiger charge is -2.38. The molecule has 12 nitrogen and oxygen atoms in total. The van der Waals surface area contributed by atoms with Crippen molar-refractivity contribution in [1.29, 1.82) is 0 Å². The van der Waals surface area contributed by atoms with Crippen LogP contribution in [0.4, 0.5) is 4.79 Å². The van der Waals surface area contributed by atoms with Gasteiger partial charge < -0.3 is 31.3 Å². The van der Waals surface area contributed by atoms with Crippen LogP contribution in [0.2, 0.25) is 0 Å². The number of ether oxygens (including phenoxy) is 1. The van der Waals surface area contributed by atoms with Gasteiger partial charge in [-0.25, -0.2) is 9.59 Å². The van der Waals surface area contributed by atoms with Gasteiger partial charge in [0.05, 0.1) is 6.04 Å². The molecule has 1 heterocycles. The highest BCUT2D eigenvalue weighted by Gasteiger charge is 2.70. The molecule has 244 valence electrons. The van der Waals surface area contributed by atoms with Gasteiger partial charge >= 0.3 is 12.0 Å². The number of amides is 5. The molecule has 44 heavy (non-hydrogen) atoms. The van der Waals surface area contributed by atoms with Gasteiger partial charge in [-0.15, -0.1) is 0 Å². The van der Waals surface area contributed by atoms with Crippen LogP contribution in [0.5, 0.6) is 0 Å². The number of likely N-dealkylation sites (tertiary alicyclic amines) is 1. The van der Waals surface area contributed by atoms with E-state index in [-0.39, 0.29) is 29.3 Å². The molecule has 0 bridgehead atoms. The van der Waals surface area contributed by atoms with Crippen LogP contribution in [0.3, 0.4) is 0 Å². The molecular formula is C32H49N5O7. The average molecular weight is 616 g/mol. The number of hydrogen-bond donors (Lipinski definition) is 4. The molecule has 3 saturated carbocycles. The van der Waals surface area contributed by atoms with Crippen molar-refractivity contribution in [1.82, 2.24) is 20.9 Å². The summed E-state index contributed by atoms with van der Waals surface area (Å²) < 4.78 is 5.59. The number of primary amides is 1. The van der Waals surface area contributed by atoms with Crippen LogP contribution < -0.4 is 21.7 Å². The van der Waals surface area contributed by atoms with Gasteiger partial charge in [0.1, 0.15) is 24.2 Å². The number of nitrogens with one attached hydrogen (secondary N) is 3. The van der Waals surface area contributed by atoms with Crippen molar-refractivity contribution in [3.05, 3.63) is 12.2 Å². The Morgan fingerprint density at radius 2 is 1.61 bits per heavy atom. The van der Waals surface area contributed by atoms with E-state index in [9.17, 15) is 28.8 Å². The summed E-state index contributed by atoms with van der Waals surface area (Å²) in [6, 6.07) is -4.81. The fourth-order valence-electron chi connectivity index (χ4n) is 6.90. The molecule has 0 aromatic rings. The maximum atomic E-state index is 14.2. The van der Waals surface area contributed by atoms with Crippen molar-refractivity contribution in [2.45, 2.75) is 117 Å². The lowest BCUT2D eigenvalue weighted by molar-refractivity contribution is -0.150. The van der Waals surface area contributed by atoms with E-state index in [4.69, 9.17) is 10.5 Å². The fourth-order valence-corrected chi connectivity index (χ4v) is 6.90. The van der Waals surface area contributed by atoms with Crippen LogP contribution in [-0.4, -0.2) is 77.2 Å². The second-order valence-corrected chi connectivity index (χ2v) is 14.9. The minimum absolute atomic E-state index is 0.0588. The van der Waals surface area contributed by atoms with Crippen molar-refractivity contribution in [3.8, 4) is 0 Å². The number of hydrogen-bond acceptors (Lipinski definition) is 7. The Bertz CT molecular complexity index is 1210. The second-order valence-electron chi connectivity index (χ2n) is 14.9. The summed E-state index contributed by atoms with van der Waals surface area (Å²) in [5.74, 6) is -3.36. The van der Waals surface area contributed by atoms with Crippen LogP contribution in [0.1, 0.15) is 86.5 Å². The first-order valence-corrected chi connectivity index (χ1v) is 15.8. The third kappa shape index (κ3) is 7.26. The monoisotopic (exact) mass is 615 g/mol. The van der Waals surface area contributed by atoms with E-state index in [1.54, 1.807) is 27.7 Å². The predicted octanol–water partition coefficient (Wildman–Crippen LogP) is 1.95. The average Bonchev–Trinajstić information content (AvgIpc) is 3.63. The molecule has 4 rings (SSSR count). The topological polar surface area (TPSA) is 177 Å². The Kier molecular flexibility index (Phi) is 9.51. The molecule has 1 saturated heterocycles. The van der Waals surface area contributed by atoms with Gasteiger partial charge in [-0.2, -0.15) is 0 Å². The normalized spacial score (nSPS) is 26.0. The quantitative estimate of drug-likeness (QED) is 0.147. The molecule has 0 aromatic carbocycles. The third-order valence-electron chi connectivity index (χ3n) is 9.88. The van der Waals surface area contributed by atoms with E-state index in [0.717, 1.165) is 38.5 Å². The number of urea groups is 1. The predicted molar refractivity (Wildman–Crippen MR) is 162 cm³/mol. The van der Waals surface area contributed by atoms with Crippen LogP contribution in [0.25, 0.3) is 0 Å². The van der Waals surface area contributed by atoms with Crippen molar-refractivity contribution < 1.29 is 33.5 Å². The van der Waals surface area contributed by atoms with Gasteiger partial charge in [-0.05, 0) is 73.2 Å². The number of Topliss-reactive ketones (excluding diaryl/α,β-unsaturated/α-hetero) is 1. The van der Waals surface area contributed by atoms with Crippen LogP contribution in [0.15, 0.2) is 12.2 Å². The molecule has 0 radical (unpaired) electrons. The number of nitrogens with zero attached hydrogens (tertiary/aromatic N) is 1. The maximum absolute atomic E-state index is 14.2. The molecule has 1 aliphatic heterocycles. The molecular weight excluding hydrogens is 566 g/mol. The molecule has 4 fully saturated rings. The summed E-state index contributed by atoms with van der Waals surface area (Å²) in [5, 5.41) is 8.12. The van der Waals surface area contributed by atoms with Crippen molar-refractivity contribution in [3.63, 3.8) is 0 Å². The van der Waals surface area contributed by atoms with Gasteiger partial charge in [0, 0.05) is 6.54 Å². The number of rotatable bonds is 12. The summed E-state index contributed by atoms with van der Waals surface area (Å²) in [5.41, 5.74) is 4.71. The zero-order valence-electron chi connectivity index (χ0n) is 26.9. The Morgan fingerprint density at radius 3 is 2.14 bits per heavy atom. The van der Waals surface area contributed by atoms with Crippen LogP contribution in [-0.2, 0) is 28.7 Å². The first kappa shape index (κ1) is 33.5. The molecule has 6 atom stereocenters. The van der Waals surface area contributed by atoms with Crippen LogP contribution >= 0.6 is 0 Å². The van der Waals surface area contributed by atoms with E-state index in [1.165, 1.54) is 4.90 Å². The molecule has 5 N–H and O–H groups in total. The SMILES string of the molecule is C=C(C)[C@H](NC(=O)N[C@H](C(=O)N1C[C@H]2[C@@H]([C@H]1C(=O)NC(CC1CC1)C(=O)C(N)=O)C2(C)C)C(C)(C)C)C(=O)OC1CCCC1. The van der Waals surface area contributed by atoms with E-state index >= 15 is 0 Å². The van der Waals surface area contributed by atoms with E-state index in [2.05, 4.69) is 22.5 Å². The van der Waals surface area contributed by atoms with Gasteiger partial charge in [-0.3, -0.25) is 19.2 Å². The number of esters is 1. The number of ketones is 1. The molecule has 12 heteroatoms. The zero-order valence-corrected chi connectivity index (χ0v) is 26.9. The molecule has 0 aromatic heterocycles. The van der Waals surface area contributed by atoms with Gasteiger partial charge in [0.15, 0.2) is 0 Å². The highest BCUT2D eigenvalue weighted by atomic mass is 16.5. The van der Waals surface area contributed by atoms with Crippen molar-refractivity contribution >= 4 is 35.5 Å². The first-order valence-electron chi connectivity index (χ1n) is 15.8. The lowest BCUT2D eigenvalue weighted by Crippen LogP contribution is -2.62.